The van der Waals surface area contributed by atoms with Gasteiger partial charge in [-0.25, -0.2) is 0 Å². The molecule has 0 spiro atoms. The number of aromatic nitrogens is 1. The van der Waals surface area contributed by atoms with Crippen LogP contribution in [-0.2, 0) is 4.74 Å². The molecule has 0 aliphatic carbocycles. The Morgan fingerprint density at radius 3 is 2.91 bits per heavy atom. The van der Waals surface area contributed by atoms with E-state index < -0.39 is 0 Å². The monoisotopic (exact) mass is 321 g/mol. The highest BCUT2D eigenvalue weighted by Gasteiger charge is 2.28. The van der Waals surface area contributed by atoms with Crippen LogP contribution < -0.4 is 4.90 Å². The highest BCUT2D eigenvalue weighted by molar-refractivity contribution is 6.31. The maximum absolute atomic E-state index is 6.02. The van der Waals surface area contributed by atoms with Gasteiger partial charge >= 0.3 is 0 Å². The normalized spacial score (nSPS) is 24.0. The highest BCUT2D eigenvalue weighted by atomic mass is 35.5. The van der Waals surface area contributed by atoms with Crippen LogP contribution in [0.15, 0.2) is 22.6 Å². The minimum atomic E-state index is 0.566. The average Bonchev–Trinajstić information content (AvgIpc) is 2.99. The predicted molar refractivity (Wildman–Crippen MR) is 86.6 cm³/mol. The molecular weight excluding hydrogens is 302 g/mol. The molecule has 2 saturated heterocycles. The lowest BCUT2D eigenvalue weighted by atomic mass is 10.0. The molecule has 0 radical (unpaired) electrons. The molecule has 0 bridgehead atoms. The number of oxazole rings is 1. The number of fused-ring (bicyclic) bond motifs is 1. The summed E-state index contributed by atoms with van der Waals surface area (Å²) in [5.74, 6) is 0. The van der Waals surface area contributed by atoms with Crippen molar-refractivity contribution >= 4 is 28.7 Å². The van der Waals surface area contributed by atoms with E-state index in [0.717, 1.165) is 56.5 Å². The maximum atomic E-state index is 6.02. The Morgan fingerprint density at radius 2 is 2.05 bits per heavy atom. The molecule has 2 aromatic rings. The molecule has 4 rings (SSSR count). The van der Waals surface area contributed by atoms with Crippen molar-refractivity contribution in [2.75, 3.05) is 44.3 Å². The van der Waals surface area contributed by atoms with Gasteiger partial charge in [-0.1, -0.05) is 11.6 Å². The van der Waals surface area contributed by atoms with Crippen LogP contribution in [0.4, 0.5) is 6.01 Å². The van der Waals surface area contributed by atoms with E-state index in [1.807, 2.05) is 18.2 Å². The van der Waals surface area contributed by atoms with E-state index in [1.165, 1.54) is 12.8 Å². The second kappa shape index (κ2) is 6.07. The van der Waals surface area contributed by atoms with Crippen molar-refractivity contribution in [3.05, 3.63) is 23.2 Å². The van der Waals surface area contributed by atoms with Crippen LogP contribution in [0.1, 0.15) is 12.8 Å². The van der Waals surface area contributed by atoms with Gasteiger partial charge in [0.2, 0.25) is 0 Å². The van der Waals surface area contributed by atoms with Crippen LogP contribution in [0.2, 0.25) is 5.02 Å². The maximum Gasteiger partial charge on any atom is 0.298 e. The summed E-state index contributed by atoms with van der Waals surface area (Å²) in [5.41, 5.74) is 1.63. The third kappa shape index (κ3) is 2.81. The van der Waals surface area contributed by atoms with Crippen molar-refractivity contribution in [2.24, 2.45) is 0 Å². The number of morpholine rings is 1. The van der Waals surface area contributed by atoms with Gasteiger partial charge in [-0.15, -0.1) is 0 Å². The van der Waals surface area contributed by atoms with Gasteiger partial charge in [0.05, 0.1) is 13.2 Å². The first kappa shape index (κ1) is 14.3. The summed E-state index contributed by atoms with van der Waals surface area (Å²) >= 11 is 6.02. The van der Waals surface area contributed by atoms with Gasteiger partial charge in [0.1, 0.15) is 5.52 Å². The Hall–Kier alpha value is -1.30. The average molecular weight is 322 g/mol. The Labute approximate surface area is 134 Å². The largest absolute Gasteiger partial charge is 0.423 e. The van der Waals surface area contributed by atoms with E-state index in [0.29, 0.717) is 11.1 Å². The standard InChI is InChI=1S/C16H20ClN3O2/c17-12-3-4-14-15(10-12)22-16(18-14)20-5-1-2-13(11-20)19-6-8-21-9-7-19/h3-4,10,13H,1-2,5-9,11H2. The molecule has 1 aromatic carbocycles. The summed E-state index contributed by atoms with van der Waals surface area (Å²) in [5, 5.41) is 0.681. The molecule has 6 heteroatoms. The molecule has 3 heterocycles. The molecule has 5 nitrogen and oxygen atoms in total. The van der Waals surface area contributed by atoms with Crippen molar-refractivity contribution in [1.29, 1.82) is 0 Å². The first-order chi connectivity index (χ1) is 10.8. The SMILES string of the molecule is Clc1ccc2nc(N3CCCC(N4CCOCC4)C3)oc2c1. The summed E-state index contributed by atoms with van der Waals surface area (Å²) in [6.45, 7) is 5.72. The Balaban J connectivity index is 1.52. The Bertz CT molecular complexity index is 654. The lowest BCUT2D eigenvalue weighted by Crippen LogP contribution is -2.51. The van der Waals surface area contributed by atoms with E-state index in [1.54, 1.807) is 0 Å². The van der Waals surface area contributed by atoms with Crippen LogP contribution in [0.25, 0.3) is 11.1 Å². The zero-order valence-corrected chi connectivity index (χ0v) is 13.3. The summed E-state index contributed by atoms with van der Waals surface area (Å²) in [7, 11) is 0. The van der Waals surface area contributed by atoms with E-state index in [-0.39, 0.29) is 0 Å². The van der Waals surface area contributed by atoms with E-state index in [9.17, 15) is 0 Å². The molecule has 0 N–H and O–H groups in total. The molecule has 1 aromatic heterocycles. The second-order valence-corrected chi connectivity index (χ2v) is 6.44. The zero-order valence-electron chi connectivity index (χ0n) is 12.5. The fraction of sp³-hybridized carbons (Fsp3) is 0.562. The summed E-state index contributed by atoms with van der Waals surface area (Å²) in [4.78, 5) is 9.41. The molecule has 22 heavy (non-hydrogen) atoms. The van der Waals surface area contributed by atoms with Crippen molar-refractivity contribution in [3.8, 4) is 0 Å². The molecule has 0 saturated carbocycles. The summed E-state index contributed by atoms with van der Waals surface area (Å²) in [6, 6.07) is 6.87. The van der Waals surface area contributed by atoms with Gasteiger partial charge in [-0.3, -0.25) is 4.90 Å². The van der Waals surface area contributed by atoms with Crippen LogP contribution in [-0.4, -0.2) is 55.3 Å². The topological polar surface area (TPSA) is 41.7 Å². The van der Waals surface area contributed by atoms with Crippen molar-refractivity contribution < 1.29 is 9.15 Å². The fourth-order valence-electron chi connectivity index (χ4n) is 3.39. The van der Waals surface area contributed by atoms with Gasteiger partial charge < -0.3 is 14.1 Å². The minimum Gasteiger partial charge on any atom is -0.423 e. The lowest BCUT2D eigenvalue weighted by Gasteiger charge is -2.40. The highest BCUT2D eigenvalue weighted by Crippen LogP contribution is 2.27. The number of halogens is 1. The molecular formula is C16H20ClN3O2. The number of anilines is 1. The number of hydrogen-bond donors (Lipinski definition) is 0. The quantitative estimate of drug-likeness (QED) is 0.851. The Morgan fingerprint density at radius 1 is 1.18 bits per heavy atom. The van der Waals surface area contributed by atoms with Crippen molar-refractivity contribution in [1.82, 2.24) is 9.88 Å². The number of benzene rings is 1. The molecule has 1 atom stereocenters. The van der Waals surface area contributed by atoms with E-state index >= 15 is 0 Å². The van der Waals surface area contributed by atoms with Gasteiger partial charge in [-0.05, 0) is 25.0 Å². The number of ether oxygens (including phenoxy) is 1. The number of hydrogen-bond acceptors (Lipinski definition) is 5. The molecule has 2 fully saturated rings. The third-order valence-corrected chi connectivity index (χ3v) is 4.80. The van der Waals surface area contributed by atoms with Crippen LogP contribution >= 0.6 is 11.6 Å². The van der Waals surface area contributed by atoms with Gasteiger partial charge in [0, 0.05) is 43.3 Å². The molecule has 1 unspecified atom stereocenters. The van der Waals surface area contributed by atoms with Gasteiger partial charge in [0.25, 0.3) is 6.01 Å². The fourth-order valence-corrected chi connectivity index (χ4v) is 3.55. The number of nitrogens with zero attached hydrogens (tertiary/aromatic N) is 3. The van der Waals surface area contributed by atoms with E-state index in [4.69, 9.17) is 20.8 Å². The van der Waals surface area contributed by atoms with Crippen molar-refractivity contribution in [2.45, 2.75) is 18.9 Å². The first-order valence-electron chi connectivity index (χ1n) is 7.92. The number of rotatable bonds is 2. The minimum absolute atomic E-state index is 0.566. The Kier molecular flexibility index (Phi) is 3.94. The van der Waals surface area contributed by atoms with Gasteiger partial charge in [0.15, 0.2) is 5.58 Å². The molecule has 2 aliphatic rings. The molecule has 2 aliphatic heterocycles. The summed E-state index contributed by atoms with van der Waals surface area (Å²) in [6.07, 6.45) is 2.41. The smallest absolute Gasteiger partial charge is 0.298 e. The zero-order chi connectivity index (χ0) is 14.9. The van der Waals surface area contributed by atoms with Crippen LogP contribution in [0, 0.1) is 0 Å². The van der Waals surface area contributed by atoms with Crippen LogP contribution in [0.5, 0.6) is 0 Å². The first-order valence-corrected chi connectivity index (χ1v) is 8.30. The third-order valence-electron chi connectivity index (χ3n) is 4.57. The molecule has 0 amide bonds. The van der Waals surface area contributed by atoms with Crippen molar-refractivity contribution in [3.63, 3.8) is 0 Å². The molecule has 118 valence electrons. The summed E-state index contributed by atoms with van der Waals surface area (Å²) < 4.78 is 11.4. The van der Waals surface area contributed by atoms with Crippen LogP contribution in [0.3, 0.4) is 0 Å². The second-order valence-electron chi connectivity index (χ2n) is 6.00. The van der Waals surface area contributed by atoms with Gasteiger partial charge in [-0.2, -0.15) is 4.98 Å². The predicted octanol–water partition coefficient (Wildman–Crippen LogP) is 2.78. The number of piperidine rings is 1. The van der Waals surface area contributed by atoms with E-state index in [2.05, 4.69) is 14.8 Å². The lowest BCUT2D eigenvalue weighted by molar-refractivity contribution is 0.0135.